The molecule has 14 heavy (non-hydrogen) atoms. The molecule has 0 aliphatic rings. The van der Waals surface area contributed by atoms with Gasteiger partial charge in [-0.2, -0.15) is 0 Å². The topological polar surface area (TPSA) is 80.4 Å². The summed E-state index contributed by atoms with van der Waals surface area (Å²) in [5.41, 5.74) is 5.25. The number of aliphatic carboxylic acids is 1. The average Bonchev–Trinajstić information content (AvgIpc) is 2.02. The van der Waals surface area contributed by atoms with Gasteiger partial charge in [0.05, 0.1) is 0 Å². The van der Waals surface area contributed by atoms with Crippen molar-refractivity contribution < 1.29 is 14.7 Å². The number of carboxylic acid groups (broad SMARTS) is 1. The third-order valence-corrected chi connectivity index (χ3v) is 1.95. The monoisotopic (exact) mass is 213 g/mol. The minimum Gasteiger partial charge on any atom is -0.480 e. The van der Waals surface area contributed by atoms with Crippen molar-refractivity contribution in [1.82, 2.24) is 0 Å². The highest BCUT2D eigenvalue weighted by molar-refractivity contribution is 6.30. The van der Waals surface area contributed by atoms with Gasteiger partial charge in [-0.05, 0) is 17.7 Å². The Hall–Kier alpha value is -1.55. The van der Waals surface area contributed by atoms with Gasteiger partial charge < -0.3 is 10.8 Å². The first kappa shape index (κ1) is 10.5. The Bertz CT molecular complexity index is 364. The van der Waals surface area contributed by atoms with E-state index >= 15 is 0 Å². The summed E-state index contributed by atoms with van der Waals surface area (Å²) >= 11 is 5.65. The van der Waals surface area contributed by atoms with Crippen LogP contribution in [-0.2, 0) is 9.59 Å². The summed E-state index contributed by atoms with van der Waals surface area (Å²) in [6.07, 6.45) is 0. The molecule has 0 aliphatic carbocycles. The van der Waals surface area contributed by atoms with Gasteiger partial charge in [-0.25, -0.2) is 0 Å². The first-order valence-corrected chi connectivity index (χ1v) is 4.17. The fourth-order valence-electron chi connectivity index (χ4n) is 1.11. The van der Waals surface area contributed by atoms with E-state index in [9.17, 15) is 9.59 Å². The first-order chi connectivity index (χ1) is 6.52. The van der Waals surface area contributed by atoms with Crippen LogP contribution in [0.1, 0.15) is 11.5 Å². The molecule has 1 amide bonds. The van der Waals surface area contributed by atoms with Crippen molar-refractivity contribution >= 4 is 23.5 Å². The van der Waals surface area contributed by atoms with Gasteiger partial charge in [0.15, 0.2) is 5.92 Å². The number of carbonyl (C=O) groups excluding carboxylic acids is 1. The van der Waals surface area contributed by atoms with Crippen LogP contribution >= 0.6 is 11.6 Å². The normalized spacial score (nSPS) is 12.1. The van der Waals surface area contributed by atoms with Gasteiger partial charge in [-0.1, -0.05) is 23.7 Å². The molecule has 1 aromatic rings. The zero-order valence-corrected chi connectivity index (χ0v) is 7.86. The smallest absolute Gasteiger partial charge is 0.320 e. The Morgan fingerprint density at radius 3 is 2.50 bits per heavy atom. The van der Waals surface area contributed by atoms with E-state index in [0.717, 1.165) is 0 Å². The maximum atomic E-state index is 10.9. The summed E-state index contributed by atoms with van der Waals surface area (Å²) in [5, 5.41) is 9.11. The van der Waals surface area contributed by atoms with Crippen LogP contribution in [-0.4, -0.2) is 17.0 Å². The number of hydrogen-bond acceptors (Lipinski definition) is 2. The van der Waals surface area contributed by atoms with E-state index < -0.39 is 17.8 Å². The first-order valence-electron chi connectivity index (χ1n) is 3.80. The lowest BCUT2D eigenvalue weighted by molar-refractivity contribution is -0.142. The van der Waals surface area contributed by atoms with E-state index in [-0.39, 0.29) is 5.56 Å². The largest absolute Gasteiger partial charge is 0.480 e. The van der Waals surface area contributed by atoms with Crippen LogP contribution in [0.2, 0.25) is 5.02 Å². The lowest BCUT2D eigenvalue weighted by atomic mass is 9.99. The molecule has 1 aromatic carbocycles. The third kappa shape index (κ3) is 2.23. The molecule has 0 aliphatic heterocycles. The molecular formula is C9H8ClNO3. The zero-order valence-electron chi connectivity index (χ0n) is 7.11. The SMILES string of the molecule is NC(=O)C(C(=O)O)c1cccc(Cl)c1. The predicted octanol–water partition coefficient (Wildman–Crippen LogP) is 0.993. The fraction of sp³-hybridized carbons (Fsp3) is 0.111. The number of hydrogen-bond donors (Lipinski definition) is 2. The standard InChI is InChI=1S/C9H8ClNO3/c10-6-3-1-2-5(4-6)7(8(11)12)9(13)14/h1-4,7H,(H2,11,12)(H,13,14). The minimum absolute atomic E-state index is 0.289. The van der Waals surface area contributed by atoms with Gasteiger partial charge in [-0.3, -0.25) is 9.59 Å². The summed E-state index contributed by atoms with van der Waals surface area (Å²) in [6.45, 7) is 0. The second-order valence-electron chi connectivity index (χ2n) is 2.73. The number of rotatable bonds is 3. The highest BCUT2D eigenvalue weighted by Crippen LogP contribution is 2.19. The van der Waals surface area contributed by atoms with Gasteiger partial charge in [-0.15, -0.1) is 0 Å². The molecule has 4 nitrogen and oxygen atoms in total. The second kappa shape index (κ2) is 4.11. The molecule has 1 unspecified atom stereocenters. The Kier molecular flexibility index (Phi) is 3.09. The molecule has 0 saturated heterocycles. The van der Waals surface area contributed by atoms with Crippen LogP contribution in [0.15, 0.2) is 24.3 Å². The number of carbonyl (C=O) groups is 2. The van der Waals surface area contributed by atoms with E-state index in [1.807, 2.05) is 0 Å². The van der Waals surface area contributed by atoms with Crippen molar-refractivity contribution in [3.05, 3.63) is 34.9 Å². The summed E-state index contributed by atoms with van der Waals surface area (Å²) < 4.78 is 0. The number of carboxylic acids is 1. The number of amides is 1. The van der Waals surface area contributed by atoms with Crippen LogP contribution in [0.3, 0.4) is 0 Å². The molecule has 1 atom stereocenters. The molecule has 0 spiro atoms. The van der Waals surface area contributed by atoms with Gasteiger partial charge in [0, 0.05) is 5.02 Å². The molecule has 0 fully saturated rings. The highest BCUT2D eigenvalue weighted by Gasteiger charge is 2.25. The van der Waals surface area contributed by atoms with Crippen LogP contribution in [0.25, 0.3) is 0 Å². The predicted molar refractivity (Wildman–Crippen MR) is 51.0 cm³/mol. The molecule has 74 valence electrons. The van der Waals surface area contributed by atoms with Crippen molar-refractivity contribution in [3.8, 4) is 0 Å². The van der Waals surface area contributed by atoms with Gasteiger partial charge in [0.25, 0.3) is 0 Å². The quantitative estimate of drug-likeness (QED) is 0.735. The second-order valence-corrected chi connectivity index (χ2v) is 3.17. The molecule has 0 radical (unpaired) electrons. The molecule has 0 bridgehead atoms. The van der Waals surface area contributed by atoms with Crippen molar-refractivity contribution in [3.63, 3.8) is 0 Å². The Morgan fingerprint density at radius 1 is 1.43 bits per heavy atom. The number of nitrogens with two attached hydrogens (primary N) is 1. The molecule has 5 heteroatoms. The fourth-order valence-corrected chi connectivity index (χ4v) is 1.31. The Balaban J connectivity index is 3.12. The minimum atomic E-state index is -1.34. The summed E-state index contributed by atoms with van der Waals surface area (Å²) in [4.78, 5) is 21.6. The van der Waals surface area contributed by atoms with E-state index in [4.69, 9.17) is 22.4 Å². The van der Waals surface area contributed by atoms with Crippen molar-refractivity contribution in [2.45, 2.75) is 5.92 Å². The Morgan fingerprint density at radius 2 is 2.07 bits per heavy atom. The molecule has 1 rings (SSSR count). The number of primary amides is 1. The summed E-state index contributed by atoms with van der Waals surface area (Å²) in [5.74, 6) is -3.52. The van der Waals surface area contributed by atoms with Crippen LogP contribution < -0.4 is 5.73 Å². The summed E-state index contributed by atoms with van der Waals surface area (Å²) in [7, 11) is 0. The van der Waals surface area contributed by atoms with E-state index in [1.165, 1.54) is 12.1 Å². The van der Waals surface area contributed by atoms with Crippen LogP contribution in [0.4, 0.5) is 0 Å². The molecule has 0 aromatic heterocycles. The van der Waals surface area contributed by atoms with Crippen molar-refractivity contribution in [2.75, 3.05) is 0 Å². The van der Waals surface area contributed by atoms with E-state index in [1.54, 1.807) is 12.1 Å². The number of benzene rings is 1. The highest BCUT2D eigenvalue weighted by atomic mass is 35.5. The third-order valence-electron chi connectivity index (χ3n) is 1.71. The molecule has 3 N–H and O–H groups in total. The molecule has 0 saturated carbocycles. The molecule has 0 heterocycles. The van der Waals surface area contributed by atoms with Crippen molar-refractivity contribution in [2.24, 2.45) is 5.73 Å². The average molecular weight is 214 g/mol. The molecular weight excluding hydrogens is 206 g/mol. The lowest BCUT2D eigenvalue weighted by Gasteiger charge is -2.08. The Labute approximate surface area is 85.3 Å². The van der Waals surface area contributed by atoms with Gasteiger partial charge >= 0.3 is 5.97 Å². The number of halogens is 1. The van der Waals surface area contributed by atoms with Crippen LogP contribution in [0, 0.1) is 0 Å². The van der Waals surface area contributed by atoms with Crippen molar-refractivity contribution in [1.29, 1.82) is 0 Å². The lowest BCUT2D eigenvalue weighted by Crippen LogP contribution is -2.27. The van der Waals surface area contributed by atoms with Gasteiger partial charge in [0.2, 0.25) is 5.91 Å². The maximum absolute atomic E-state index is 10.9. The van der Waals surface area contributed by atoms with E-state index in [2.05, 4.69) is 0 Å². The summed E-state index contributed by atoms with van der Waals surface area (Å²) in [6, 6.07) is 6.06. The van der Waals surface area contributed by atoms with Gasteiger partial charge in [0.1, 0.15) is 0 Å². The maximum Gasteiger partial charge on any atom is 0.320 e. The zero-order chi connectivity index (χ0) is 10.7. The van der Waals surface area contributed by atoms with Crippen LogP contribution in [0.5, 0.6) is 0 Å². The van der Waals surface area contributed by atoms with E-state index in [0.29, 0.717) is 5.02 Å².